The fourth-order valence-electron chi connectivity index (χ4n) is 2.15. The first kappa shape index (κ1) is 14.9. The summed E-state index contributed by atoms with van der Waals surface area (Å²) >= 11 is 6.19. The number of aliphatic hydroxyl groups excluding tert-OH is 1. The largest absolute Gasteiger partial charge is 0.394 e. The molecule has 0 fully saturated rings. The van der Waals surface area contributed by atoms with Crippen LogP contribution in [0, 0.1) is 13.8 Å². The van der Waals surface area contributed by atoms with Crippen LogP contribution in [0.4, 0.5) is 5.69 Å². The van der Waals surface area contributed by atoms with Gasteiger partial charge in [0.2, 0.25) is 0 Å². The smallest absolute Gasteiger partial charge is 0.0828 e. The van der Waals surface area contributed by atoms with Gasteiger partial charge in [-0.25, -0.2) is 0 Å². The Labute approximate surface area is 125 Å². The highest BCUT2D eigenvalue weighted by Gasteiger charge is 2.26. The molecule has 2 N–H and O–H groups in total. The van der Waals surface area contributed by atoms with Crippen molar-refractivity contribution < 1.29 is 5.11 Å². The normalized spacial score (nSPS) is 13.8. The van der Waals surface area contributed by atoms with Gasteiger partial charge in [-0.1, -0.05) is 41.9 Å². The molecule has 0 aromatic heterocycles. The van der Waals surface area contributed by atoms with Crippen molar-refractivity contribution in [1.29, 1.82) is 0 Å². The number of nitrogens with one attached hydrogen (secondary N) is 1. The summed E-state index contributed by atoms with van der Waals surface area (Å²) in [7, 11) is 0. The number of aryl methyl sites for hydroxylation is 2. The number of hydrogen-bond donors (Lipinski definition) is 2. The Hall–Kier alpha value is -1.51. The first-order chi connectivity index (χ1) is 9.46. The molecule has 0 saturated carbocycles. The standard InChI is InChI=1S/C17H20ClNO/c1-12-8-9-14(10-13(12)2)17(3,11-20)19-16-7-5-4-6-15(16)18/h4-10,19-20H,11H2,1-3H3. The van der Waals surface area contributed by atoms with Gasteiger partial charge in [-0.05, 0) is 49.6 Å². The van der Waals surface area contributed by atoms with Crippen molar-refractivity contribution in [2.45, 2.75) is 26.3 Å². The Morgan fingerprint density at radius 2 is 1.80 bits per heavy atom. The lowest BCUT2D eigenvalue weighted by molar-refractivity contribution is 0.224. The quantitative estimate of drug-likeness (QED) is 0.881. The Bertz CT molecular complexity index is 612. The molecule has 0 heterocycles. The summed E-state index contributed by atoms with van der Waals surface area (Å²) < 4.78 is 0. The Kier molecular flexibility index (Phi) is 4.36. The van der Waals surface area contributed by atoms with Gasteiger partial charge in [-0.2, -0.15) is 0 Å². The number of halogens is 1. The van der Waals surface area contributed by atoms with Crippen LogP contribution >= 0.6 is 11.6 Å². The molecule has 2 rings (SSSR count). The van der Waals surface area contributed by atoms with Gasteiger partial charge in [-0.3, -0.25) is 0 Å². The SMILES string of the molecule is Cc1ccc(C(C)(CO)Nc2ccccc2Cl)cc1C. The first-order valence-electron chi connectivity index (χ1n) is 6.67. The van der Waals surface area contributed by atoms with E-state index in [4.69, 9.17) is 11.6 Å². The lowest BCUT2D eigenvalue weighted by Crippen LogP contribution is -2.36. The molecule has 0 radical (unpaired) electrons. The number of para-hydroxylation sites is 1. The minimum atomic E-state index is -0.566. The van der Waals surface area contributed by atoms with Crippen molar-refractivity contribution in [3.63, 3.8) is 0 Å². The predicted molar refractivity (Wildman–Crippen MR) is 85.4 cm³/mol. The predicted octanol–water partition coefficient (Wildman–Crippen LogP) is 4.28. The van der Waals surface area contributed by atoms with Crippen LogP contribution in [0.3, 0.4) is 0 Å². The Balaban J connectivity index is 2.38. The summed E-state index contributed by atoms with van der Waals surface area (Å²) in [6.45, 7) is 6.12. The number of hydrogen-bond acceptors (Lipinski definition) is 2. The second kappa shape index (κ2) is 5.86. The molecule has 0 aliphatic carbocycles. The van der Waals surface area contributed by atoms with E-state index in [1.54, 1.807) is 0 Å². The van der Waals surface area contributed by atoms with E-state index in [2.05, 4.69) is 31.3 Å². The molecular weight excluding hydrogens is 270 g/mol. The fraction of sp³-hybridized carbons (Fsp3) is 0.294. The molecule has 20 heavy (non-hydrogen) atoms. The van der Waals surface area contributed by atoms with Crippen LogP contribution in [0.5, 0.6) is 0 Å². The van der Waals surface area contributed by atoms with Crippen molar-refractivity contribution in [2.75, 3.05) is 11.9 Å². The third-order valence-electron chi connectivity index (χ3n) is 3.74. The average Bonchev–Trinajstić information content (AvgIpc) is 2.44. The summed E-state index contributed by atoms with van der Waals surface area (Å²) in [6.07, 6.45) is 0. The molecule has 0 aliphatic heterocycles. The Morgan fingerprint density at radius 1 is 1.10 bits per heavy atom. The van der Waals surface area contributed by atoms with Crippen molar-refractivity contribution in [3.05, 3.63) is 64.2 Å². The van der Waals surface area contributed by atoms with Gasteiger partial charge >= 0.3 is 0 Å². The molecule has 0 bridgehead atoms. The van der Waals surface area contributed by atoms with E-state index < -0.39 is 5.54 Å². The van der Waals surface area contributed by atoms with Gasteiger partial charge in [0, 0.05) is 0 Å². The first-order valence-corrected chi connectivity index (χ1v) is 7.05. The number of aliphatic hydroxyl groups is 1. The van der Waals surface area contributed by atoms with E-state index in [0.717, 1.165) is 11.3 Å². The van der Waals surface area contributed by atoms with Gasteiger partial charge < -0.3 is 10.4 Å². The lowest BCUT2D eigenvalue weighted by atomic mass is 9.90. The van der Waals surface area contributed by atoms with Gasteiger partial charge in [-0.15, -0.1) is 0 Å². The molecule has 2 aromatic carbocycles. The van der Waals surface area contributed by atoms with Crippen molar-refractivity contribution in [1.82, 2.24) is 0 Å². The monoisotopic (exact) mass is 289 g/mol. The third kappa shape index (κ3) is 2.97. The maximum absolute atomic E-state index is 9.85. The molecule has 1 atom stereocenters. The summed E-state index contributed by atoms with van der Waals surface area (Å²) in [5, 5.41) is 13.8. The number of benzene rings is 2. The van der Waals surface area contributed by atoms with Crippen molar-refractivity contribution in [3.8, 4) is 0 Å². The minimum absolute atomic E-state index is 0.0132. The Morgan fingerprint density at radius 3 is 2.40 bits per heavy atom. The average molecular weight is 290 g/mol. The zero-order valence-electron chi connectivity index (χ0n) is 12.1. The van der Waals surface area contributed by atoms with E-state index in [0.29, 0.717) is 5.02 Å². The van der Waals surface area contributed by atoms with Crippen LogP contribution < -0.4 is 5.32 Å². The second-order valence-corrected chi connectivity index (χ2v) is 5.80. The molecule has 0 amide bonds. The maximum atomic E-state index is 9.85. The van der Waals surface area contributed by atoms with Crippen LogP contribution in [0.15, 0.2) is 42.5 Å². The molecular formula is C17H20ClNO. The zero-order valence-corrected chi connectivity index (χ0v) is 12.8. The molecule has 106 valence electrons. The molecule has 0 saturated heterocycles. The third-order valence-corrected chi connectivity index (χ3v) is 4.07. The van der Waals surface area contributed by atoms with Crippen LogP contribution in [0.1, 0.15) is 23.6 Å². The zero-order chi connectivity index (χ0) is 14.8. The van der Waals surface area contributed by atoms with Gasteiger partial charge in [0.15, 0.2) is 0 Å². The van der Waals surface area contributed by atoms with Gasteiger partial charge in [0.1, 0.15) is 0 Å². The molecule has 1 unspecified atom stereocenters. The highest BCUT2D eigenvalue weighted by Crippen LogP contribution is 2.30. The summed E-state index contributed by atoms with van der Waals surface area (Å²) in [6, 6.07) is 13.8. The number of anilines is 1. The lowest BCUT2D eigenvalue weighted by Gasteiger charge is -2.31. The minimum Gasteiger partial charge on any atom is -0.394 e. The highest BCUT2D eigenvalue weighted by atomic mass is 35.5. The maximum Gasteiger partial charge on any atom is 0.0828 e. The summed E-state index contributed by atoms with van der Waals surface area (Å²) in [5.74, 6) is 0. The van der Waals surface area contributed by atoms with E-state index >= 15 is 0 Å². The van der Waals surface area contributed by atoms with E-state index in [9.17, 15) is 5.11 Å². The molecule has 3 heteroatoms. The van der Waals surface area contributed by atoms with Crippen molar-refractivity contribution in [2.24, 2.45) is 0 Å². The van der Waals surface area contributed by atoms with Gasteiger partial charge in [0.05, 0.1) is 22.9 Å². The highest BCUT2D eigenvalue weighted by molar-refractivity contribution is 6.33. The van der Waals surface area contributed by atoms with E-state index in [1.807, 2.05) is 37.3 Å². The van der Waals surface area contributed by atoms with E-state index in [1.165, 1.54) is 11.1 Å². The second-order valence-electron chi connectivity index (χ2n) is 5.39. The fourth-order valence-corrected chi connectivity index (χ4v) is 2.33. The van der Waals surface area contributed by atoms with Crippen molar-refractivity contribution >= 4 is 17.3 Å². The molecule has 0 spiro atoms. The van der Waals surface area contributed by atoms with Crippen LogP contribution in [-0.2, 0) is 5.54 Å². The molecule has 2 aromatic rings. The van der Waals surface area contributed by atoms with Crippen LogP contribution in [0.2, 0.25) is 5.02 Å². The van der Waals surface area contributed by atoms with Gasteiger partial charge in [0.25, 0.3) is 0 Å². The summed E-state index contributed by atoms with van der Waals surface area (Å²) in [4.78, 5) is 0. The van der Waals surface area contributed by atoms with Crippen LogP contribution in [-0.4, -0.2) is 11.7 Å². The van der Waals surface area contributed by atoms with Crippen LogP contribution in [0.25, 0.3) is 0 Å². The molecule has 2 nitrogen and oxygen atoms in total. The summed E-state index contributed by atoms with van der Waals surface area (Å²) in [5.41, 5.74) is 3.76. The molecule has 0 aliphatic rings. The van der Waals surface area contributed by atoms with E-state index in [-0.39, 0.29) is 6.61 Å². The number of rotatable bonds is 4. The topological polar surface area (TPSA) is 32.3 Å².